The van der Waals surface area contributed by atoms with Gasteiger partial charge in [0.15, 0.2) is 0 Å². The van der Waals surface area contributed by atoms with E-state index in [1.54, 1.807) is 0 Å². The molecule has 14 heavy (non-hydrogen) atoms. The number of nitrogens with two attached hydrogens (primary N) is 1. The van der Waals surface area contributed by atoms with E-state index in [2.05, 4.69) is 15.0 Å². The molecule has 2 aliphatic heterocycles. The minimum Gasteiger partial charge on any atom is -0.365 e. The van der Waals surface area contributed by atoms with Gasteiger partial charge in [0.1, 0.15) is 0 Å². The highest BCUT2D eigenvalue weighted by Gasteiger charge is 2.46. The van der Waals surface area contributed by atoms with Crippen molar-refractivity contribution in [1.82, 2.24) is 15.0 Å². The Labute approximate surface area is 82.3 Å². The topological polar surface area (TPSA) is 68.2 Å². The summed E-state index contributed by atoms with van der Waals surface area (Å²) in [6.07, 6.45) is 3.52. The van der Waals surface area contributed by atoms with Crippen molar-refractivity contribution in [3.8, 4) is 0 Å². The fraction of sp³-hybridized carbons (Fsp3) is 0.778. The molecule has 2 atom stereocenters. The van der Waals surface area contributed by atoms with Crippen LogP contribution in [0.5, 0.6) is 0 Å². The van der Waals surface area contributed by atoms with Gasteiger partial charge in [0, 0.05) is 6.54 Å². The number of nitrogens with zero attached hydrogens (tertiary/aromatic N) is 3. The van der Waals surface area contributed by atoms with Gasteiger partial charge in [-0.2, -0.15) is 4.98 Å². The second-order valence-corrected chi connectivity index (χ2v) is 4.37. The maximum atomic E-state index is 5.48. The molecule has 0 saturated carbocycles. The molecule has 2 bridgehead atoms. The van der Waals surface area contributed by atoms with E-state index >= 15 is 0 Å². The van der Waals surface area contributed by atoms with E-state index in [0.29, 0.717) is 0 Å². The molecule has 0 radical (unpaired) electrons. The molecule has 2 unspecified atom stereocenters. The normalized spacial score (nSPS) is 36.1. The van der Waals surface area contributed by atoms with Crippen LogP contribution in [0.15, 0.2) is 4.52 Å². The Kier molecular flexibility index (Phi) is 1.58. The quantitative estimate of drug-likeness (QED) is 0.700. The van der Waals surface area contributed by atoms with Gasteiger partial charge in [-0.3, -0.25) is 0 Å². The maximum Gasteiger partial charge on any atom is 0.260 e. The molecule has 3 heterocycles. The Morgan fingerprint density at radius 3 is 3.07 bits per heavy atom. The van der Waals surface area contributed by atoms with E-state index in [0.717, 1.165) is 31.8 Å². The average molecular weight is 194 g/mol. The molecule has 1 aromatic heterocycles. The number of nitrogen functional groups attached to an aromatic ring is 1. The van der Waals surface area contributed by atoms with Crippen LogP contribution in [-0.2, 0) is 5.41 Å². The molecule has 2 N–H and O–H groups in total. The van der Waals surface area contributed by atoms with Crippen molar-refractivity contribution in [1.29, 1.82) is 0 Å². The second-order valence-electron chi connectivity index (χ2n) is 4.37. The van der Waals surface area contributed by atoms with E-state index in [-0.39, 0.29) is 11.4 Å². The first-order valence-corrected chi connectivity index (χ1v) is 5.11. The van der Waals surface area contributed by atoms with E-state index in [9.17, 15) is 0 Å². The summed E-state index contributed by atoms with van der Waals surface area (Å²) in [4.78, 5) is 6.64. The highest BCUT2D eigenvalue weighted by atomic mass is 16.5. The van der Waals surface area contributed by atoms with Crippen molar-refractivity contribution in [3.63, 3.8) is 0 Å². The summed E-state index contributed by atoms with van der Waals surface area (Å²) in [7, 11) is 0. The largest absolute Gasteiger partial charge is 0.365 e. The third-order valence-electron chi connectivity index (χ3n) is 3.46. The van der Waals surface area contributed by atoms with Crippen LogP contribution in [0.1, 0.15) is 25.2 Å². The van der Waals surface area contributed by atoms with Gasteiger partial charge in [0.25, 0.3) is 5.95 Å². The molecule has 2 aliphatic rings. The van der Waals surface area contributed by atoms with Gasteiger partial charge in [-0.25, -0.2) is 0 Å². The van der Waals surface area contributed by atoms with Crippen LogP contribution in [0, 0.1) is 0 Å². The number of rotatable bonds is 1. The summed E-state index contributed by atoms with van der Waals surface area (Å²) < 4.78 is 5.21. The van der Waals surface area contributed by atoms with Gasteiger partial charge < -0.3 is 15.2 Å². The molecule has 5 nitrogen and oxygen atoms in total. The molecule has 0 amide bonds. The van der Waals surface area contributed by atoms with Gasteiger partial charge in [-0.15, -0.1) is 0 Å². The van der Waals surface area contributed by atoms with Gasteiger partial charge >= 0.3 is 0 Å². The molecule has 3 rings (SSSR count). The Morgan fingerprint density at radius 2 is 2.29 bits per heavy atom. The van der Waals surface area contributed by atoms with Crippen molar-refractivity contribution < 1.29 is 4.52 Å². The average Bonchev–Trinajstić information content (AvgIpc) is 2.73. The lowest BCUT2D eigenvalue weighted by Crippen LogP contribution is -2.37. The molecule has 1 aromatic rings. The SMILES string of the molecule is Nc1noc(C23CCCN(CC2)C3)n1. The Hall–Kier alpha value is -1.10. The highest BCUT2D eigenvalue weighted by molar-refractivity contribution is 5.18. The summed E-state index contributed by atoms with van der Waals surface area (Å²) >= 11 is 0. The molecule has 5 heteroatoms. The minimum atomic E-state index is 0.114. The van der Waals surface area contributed by atoms with Crippen LogP contribution in [0.3, 0.4) is 0 Å². The molecule has 76 valence electrons. The fourth-order valence-corrected chi connectivity index (χ4v) is 2.73. The summed E-state index contributed by atoms with van der Waals surface area (Å²) in [6, 6.07) is 0. The van der Waals surface area contributed by atoms with Crippen molar-refractivity contribution in [3.05, 3.63) is 5.89 Å². The number of hydrogen-bond acceptors (Lipinski definition) is 5. The molecular weight excluding hydrogens is 180 g/mol. The predicted octanol–water partition coefficient (Wildman–Crippen LogP) is 0.389. The summed E-state index contributed by atoms with van der Waals surface area (Å²) in [5, 5.41) is 3.68. The zero-order chi connectivity index (χ0) is 9.60. The van der Waals surface area contributed by atoms with Gasteiger partial charge in [0.2, 0.25) is 5.89 Å². The second kappa shape index (κ2) is 2.70. The lowest BCUT2D eigenvalue weighted by Gasteiger charge is -2.30. The zero-order valence-corrected chi connectivity index (χ0v) is 8.07. The third kappa shape index (κ3) is 1.05. The number of piperidine rings is 1. The van der Waals surface area contributed by atoms with Gasteiger partial charge in [-0.05, 0) is 37.5 Å². The van der Waals surface area contributed by atoms with Crippen LogP contribution in [-0.4, -0.2) is 34.7 Å². The molecule has 2 saturated heterocycles. The Morgan fingerprint density at radius 1 is 1.36 bits per heavy atom. The van der Waals surface area contributed by atoms with Crippen molar-refractivity contribution >= 4 is 5.95 Å². The zero-order valence-electron chi connectivity index (χ0n) is 8.07. The molecule has 0 aromatic carbocycles. The van der Waals surface area contributed by atoms with Gasteiger partial charge in [0.05, 0.1) is 5.41 Å². The van der Waals surface area contributed by atoms with E-state index < -0.39 is 0 Å². The first kappa shape index (κ1) is 8.23. The Bertz CT molecular complexity index is 346. The van der Waals surface area contributed by atoms with Crippen LogP contribution >= 0.6 is 0 Å². The fourth-order valence-electron chi connectivity index (χ4n) is 2.73. The standard InChI is InChI=1S/C9H14N4O/c10-8-11-7(14-12-8)9-2-1-4-13(6-9)5-3-9/h1-6H2,(H2,10,12). The molecular formula is C9H14N4O. The van der Waals surface area contributed by atoms with E-state index in [4.69, 9.17) is 10.3 Å². The van der Waals surface area contributed by atoms with Crippen LogP contribution in [0.2, 0.25) is 0 Å². The van der Waals surface area contributed by atoms with Crippen molar-refractivity contribution in [2.24, 2.45) is 0 Å². The first-order chi connectivity index (χ1) is 6.78. The monoisotopic (exact) mass is 194 g/mol. The third-order valence-corrected chi connectivity index (χ3v) is 3.46. The molecule has 2 fully saturated rings. The predicted molar refractivity (Wildman–Crippen MR) is 50.7 cm³/mol. The summed E-state index contributed by atoms with van der Waals surface area (Å²) in [6.45, 7) is 3.43. The van der Waals surface area contributed by atoms with Crippen LogP contribution in [0.25, 0.3) is 0 Å². The summed E-state index contributed by atoms with van der Waals surface area (Å²) in [5.74, 6) is 1.01. The van der Waals surface area contributed by atoms with Crippen molar-refractivity contribution in [2.75, 3.05) is 25.4 Å². The van der Waals surface area contributed by atoms with Crippen molar-refractivity contribution in [2.45, 2.75) is 24.7 Å². The van der Waals surface area contributed by atoms with Crippen LogP contribution < -0.4 is 5.73 Å². The molecule has 0 spiro atoms. The van der Waals surface area contributed by atoms with Gasteiger partial charge in [-0.1, -0.05) is 0 Å². The van der Waals surface area contributed by atoms with E-state index in [1.807, 2.05) is 0 Å². The number of anilines is 1. The highest BCUT2D eigenvalue weighted by Crippen LogP contribution is 2.41. The Balaban J connectivity index is 1.96. The summed E-state index contributed by atoms with van der Waals surface area (Å²) in [5.41, 5.74) is 5.60. The number of fused-ring (bicyclic) bond motifs is 2. The first-order valence-electron chi connectivity index (χ1n) is 5.11. The lowest BCUT2D eigenvalue weighted by molar-refractivity contribution is 0.201. The number of aromatic nitrogens is 2. The minimum absolute atomic E-state index is 0.114. The van der Waals surface area contributed by atoms with Crippen LogP contribution in [0.4, 0.5) is 5.95 Å². The maximum absolute atomic E-state index is 5.48. The number of hydrogen-bond donors (Lipinski definition) is 1. The molecule has 0 aliphatic carbocycles. The van der Waals surface area contributed by atoms with E-state index in [1.165, 1.54) is 13.0 Å². The smallest absolute Gasteiger partial charge is 0.260 e. The lowest BCUT2D eigenvalue weighted by atomic mass is 9.81.